The largest absolute Gasteiger partial charge is 2.00 e. The SMILES string of the molecule is CS(=O)(=O)[O-].CS(=O)(=O)[O-].[Sn+2]. The molecule has 0 aliphatic heterocycles. The minimum atomic E-state index is -3.92. The third kappa shape index (κ3) is 2060. The van der Waals surface area contributed by atoms with Gasteiger partial charge in [-0.05, 0) is 0 Å². The first-order valence-corrected chi connectivity index (χ1v) is 5.45. The molecule has 0 amide bonds. The van der Waals surface area contributed by atoms with Crippen molar-refractivity contribution in [3.05, 3.63) is 0 Å². The Kier molecular flexibility index (Phi) is 9.89. The molecule has 0 fully saturated rings. The Morgan fingerprint density at radius 2 is 0.818 bits per heavy atom. The quantitative estimate of drug-likeness (QED) is 0.375. The maximum absolute atomic E-state index is 9.08. The molecule has 66 valence electrons. The van der Waals surface area contributed by atoms with Gasteiger partial charge < -0.3 is 9.11 Å². The number of rotatable bonds is 0. The second kappa shape index (κ2) is 6.17. The predicted molar refractivity (Wildman–Crippen MR) is 37.0 cm³/mol. The van der Waals surface area contributed by atoms with Crippen LogP contribution >= 0.6 is 0 Å². The van der Waals surface area contributed by atoms with E-state index in [-0.39, 0.29) is 23.9 Å². The number of hydrogen-bond acceptors (Lipinski definition) is 6. The molecule has 0 spiro atoms. The first kappa shape index (κ1) is 17.6. The Morgan fingerprint density at radius 3 is 0.818 bits per heavy atom. The minimum absolute atomic E-state index is 0. The standard InChI is InChI=1S/2CH4O3S.Sn/c2*1-5(2,3)4;/h2*1H3,(H,2,3,4);/q;;+2/p-2. The van der Waals surface area contributed by atoms with Gasteiger partial charge in [0, 0.05) is 12.5 Å². The van der Waals surface area contributed by atoms with Crippen LogP contribution in [0.15, 0.2) is 0 Å². The second-order valence-corrected chi connectivity index (χ2v) is 4.22. The van der Waals surface area contributed by atoms with E-state index >= 15 is 0 Å². The molecule has 6 nitrogen and oxygen atoms in total. The van der Waals surface area contributed by atoms with E-state index in [2.05, 4.69) is 0 Å². The monoisotopic (exact) mass is 310 g/mol. The van der Waals surface area contributed by atoms with Crippen LogP contribution in [0, 0.1) is 0 Å². The molecule has 9 heteroatoms. The van der Waals surface area contributed by atoms with Crippen LogP contribution in [-0.2, 0) is 20.2 Å². The summed E-state index contributed by atoms with van der Waals surface area (Å²) >= 11 is 0. The average molecular weight is 309 g/mol. The third-order valence-electron chi connectivity index (χ3n) is 0. The summed E-state index contributed by atoms with van der Waals surface area (Å²) < 4.78 is 54.5. The first-order chi connectivity index (χ1) is 4.00. The van der Waals surface area contributed by atoms with E-state index in [1.165, 1.54) is 0 Å². The van der Waals surface area contributed by atoms with E-state index < -0.39 is 20.2 Å². The van der Waals surface area contributed by atoms with Crippen LogP contribution in [0.5, 0.6) is 0 Å². The normalized spacial score (nSPS) is 10.5. The van der Waals surface area contributed by atoms with Gasteiger partial charge in [0.25, 0.3) is 0 Å². The maximum Gasteiger partial charge on any atom is 2.00 e. The predicted octanol–water partition coefficient (Wildman–Crippen LogP) is -2.06. The van der Waals surface area contributed by atoms with Crippen molar-refractivity contribution in [1.82, 2.24) is 0 Å². The molecular weight excluding hydrogens is 303 g/mol. The molecule has 0 aliphatic rings. The molecule has 0 aromatic heterocycles. The van der Waals surface area contributed by atoms with Gasteiger partial charge in [0.2, 0.25) is 0 Å². The topological polar surface area (TPSA) is 114 Å². The molecule has 0 saturated heterocycles. The van der Waals surface area contributed by atoms with E-state index in [9.17, 15) is 0 Å². The summed E-state index contributed by atoms with van der Waals surface area (Å²) in [5.74, 6) is 0. The van der Waals surface area contributed by atoms with Crippen molar-refractivity contribution in [3.63, 3.8) is 0 Å². The van der Waals surface area contributed by atoms with Crippen LogP contribution in [0.1, 0.15) is 0 Å². The van der Waals surface area contributed by atoms with E-state index in [1.807, 2.05) is 0 Å². The van der Waals surface area contributed by atoms with Crippen molar-refractivity contribution >= 4 is 44.1 Å². The minimum Gasteiger partial charge on any atom is -0.748 e. The molecule has 2 radical (unpaired) electrons. The summed E-state index contributed by atoms with van der Waals surface area (Å²) in [4.78, 5) is 0. The van der Waals surface area contributed by atoms with Crippen LogP contribution in [0.2, 0.25) is 0 Å². The molecule has 0 heterocycles. The zero-order valence-corrected chi connectivity index (χ0v) is 10.3. The Morgan fingerprint density at radius 1 is 0.818 bits per heavy atom. The number of hydrogen-bond donors (Lipinski definition) is 0. The molecule has 0 aliphatic carbocycles. The molecule has 0 bridgehead atoms. The van der Waals surface area contributed by atoms with Gasteiger partial charge in [0.05, 0.1) is 20.2 Å². The molecular formula is C2H6O6S2Sn. The zero-order chi connectivity index (χ0) is 9.00. The van der Waals surface area contributed by atoms with E-state index in [1.54, 1.807) is 0 Å². The summed E-state index contributed by atoms with van der Waals surface area (Å²) in [6.45, 7) is 0. The fourth-order valence-corrected chi connectivity index (χ4v) is 0. The molecule has 0 rings (SSSR count). The van der Waals surface area contributed by atoms with Crippen molar-refractivity contribution in [3.8, 4) is 0 Å². The summed E-state index contributed by atoms with van der Waals surface area (Å²) in [5, 5.41) is 0. The van der Waals surface area contributed by atoms with Gasteiger partial charge >= 0.3 is 23.9 Å². The van der Waals surface area contributed by atoms with Crippen molar-refractivity contribution < 1.29 is 25.9 Å². The second-order valence-electron chi connectivity index (χ2n) is 1.41. The summed E-state index contributed by atoms with van der Waals surface area (Å²) in [6.07, 6.45) is 1.21. The molecule has 11 heavy (non-hydrogen) atoms. The fraction of sp³-hybridized carbons (Fsp3) is 1.00. The molecule has 0 saturated carbocycles. The summed E-state index contributed by atoms with van der Waals surface area (Å²) in [5.41, 5.74) is 0. The maximum atomic E-state index is 9.08. The smallest absolute Gasteiger partial charge is 0.748 e. The Hall–Kier alpha value is 0.619. The van der Waals surface area contributed by atoms with E-state index in [0.717, 1.165) is 0 Å². The fourth-order valence-electron chi connectivity index (χ4n) is 0. The van der Waals surface area contributed by atoms with Gasteiger partial charge in [0.1, 0.15) is 0 Å². The summed E-state index contributed by atoms with van der Waals surface area (Å²) in [7, 11) is -7.83. The third-order valence-corrected chi connectivity index (χ3v) is 0. The molecule has 0 aromatic rings. The van der Waals surface area contributed by atoms with Gasteiger partial charge in [-0.15, -0.1) is 0 Å². The molecule has 0 atom stereocenters. The average Bonchev–Trinajstić information content (AvgIpc) is 1.12. The van der Waals surface area contributed by atoms with E-state index in [0.29, 0.717) is 12.5 Å². The van der Waals surface area contributed by atoms with Crippen LogP contribution in [0.4, 0.5) is 0 Å². The Balaban J connectivity index is -0.000000107. The van der Waals surface area contributed by atoms with Crippen molar-refractivity contribution in [2.45, 2.75) is 0 Å². The van der Waals surface area contributed by atoms with Gasteiger partial charge in [-0.1, -0.05) is 0 Å². The van der Waals surface area contributed by atoms with Crippen LogP contribution < -0.4 is 0 Å². The van der Waals surface area contributed by atoms with Gasteiger partial charge in [-0.2, -0.15) is 0 Å². The Labute approximate surface area is 82.4 Å². The Bertz CT molecular complexity index is 215. The van der Waals surface area contributed by atoms with Crippen molar-refractivity contribution in [2.75, 3.05) is 12.5 Å². The van der Waals surface area contributed by atoms with Crippen LogP contribution in [-0.4, -0.2) is 62.4 Å². The van der Waals surface area contributed by atoms with Crippen molar-refractivity contribution in [2.24, 2.45) is 0 Å². The summed E-state index contributed by atoms with van der Waals surface area (Å²) in [6, 6.07) is 0. The van der Waals surface area contributed by atoms with Crippen LogP contribution in [0.3, 0.4) is 0 Å². The molecule has 0 aromatic carbocycles. The molecule has 0 unspecified atom stereocenters. The first-order valence-electron chi connectivity index (χ1n) is 1.82. The van der Waals surface area contributed by atoms with Crippen molar-refractivity contribution in [1.29, 1.82) is 0 Å². The van der Waals surface area contributed by atoms with Gasteiger partial charge in [-0.25, -0.2) is 16.8 Å². The van der Waals surface area contributed by atoms with Crippen LogP contribution in [0.25, 0.3) is 0 Å². The van der Waals surface area contributed by atoms with E-state index in [4.69, 9.17) is 25.9 Å². The van der Waals surface area contributed by atoms with Gasteiger partial charge in [0.15, 0.2) is 0 Å². The van der Waals surface area contributed by atoms with Gasteiger partial charge in [-0.3, -0.25) is 0 Å². The zero-order valence-electron chi connectivity index (χ0n) is 5.77. The molecule has 0 N–H and O–H groups in total.